The van der Waals surface area contributed by atoms with Crippen molar-refractivity contribution in [2.45, 2.75) is 32.9 Å². The van der Waals surface area contributed by atoms with Crippen molar-refractivity contribution in [3.63, 3.8) is 0 Å². The molecule has 0 aliphatic heterocycles. The Labute approximate surface area is 147 Å². The molecule has 0 aromatic heterocycles. The molecule has 0 aliphatic carbocycles. The third-order valence-corrected chi connectivity index (χ3v) is 4.33. The van der Waals surface area contributed by atoms with Gasteiger partial charge in [0, 0.05) is 11.6 Å². The molecule has 0 spiro atoms. The molecule has 5 heteroatoms. The topological polar surface area (TPSA) is 32.3 Å². The van der Waals surface area contributed by atoms with Crippen LogP contribution in [0.1, 0.15) is 44.0 Å². The van der Waals surface area contributed by atoms with Crippen molar-refractivity contribution >= 4 is 5.91 Å². The first-order valence-corrected chi connectivity index (χ1v) is 8.52. The Bertz CT molecular complexity index is 702. The zero-order chi connectivity index (χ0) is 18.4. The Hall–Kier alpha value is -2.27. The van der Waals surface area contributed by atoms with E-state index in [4.69, 9.17) is 0 Å². The summed E-state index contributed by atoms with van der Waals surface area (Å²) in [5, 5.41) is 2.86. The van der Waals surface area contributed by atoms with Crippen LogP contribution in [0, 0.1) is 11.6 Å². The zero-order valence-electron chi connectivity index (χ0n) is 14.8. The number of hydrogen-bond acceptors (Lipinski definition) is 2. The van der Waals surface area contributed by atoms with Crippen LogP contribution in [0.25, 0.3) is 0 Å². The molecule has 2 unspecified atom stereocenters. The molecule has 2 atom stereocenters. The third kappa shape index (κ3) is 4.63. The fourth-order valence-electron chi connectivity index (χ4n) is 2.97. The lowest BCUT2D eigenvalue weighted by molar-refractivity contribution is -0.127. The molecule has 2 aromatic rings. The summed E-state index contributed by atoms with van der Waals surface area (Å²) < 4.78 is 27.1. The highest BCUT2D eigenvalue weighted by molar-refractivity contribution is 5.83. The minimum Gasteiger partial charge on any atom is -0.348 e. The summed E-state index contributed by atoms with van der Waals surface area (Å²) in [5.41, 5.74) is 1.15. The van der Waals surface area contributed by atoms with E-state index in [2.05, 4.69) is 5.32 Å². The highest BCUT2D eigenvalue weighted by atomic mass is 19.1. The van der Waals surface area contributed by atoms with Crippen LogP contribution in [0.4, 0.5) is 8.78 Å². The molecule has 2 aromatic carbocycles. The first-order valence-electron chi connectivity index (χ1n) is 8.52. The van der Waals surface area contributed by atoms with E-state index in [-0.39, 0.29) is 11.5 Å². The molecule has 0 aliphatic rings. The van der Waals surface area contributed by atoms with Crippen LogP contribution in [-0.4, -0.2) is 23.9 Å². The van der Waals surface area contributed by atoms with Gasteiger partial charge in [0.1, 0.15) is 17.7 Å². The number of nitrogens with zero attached hydrogens (tertiary/aromatic N) is 1. The maximum absolute atomic E-state index is 14.0. The molecular weight excluding hydrogens is 322 g/mol. The van der Waals surface area contributed by atoms with E-state index in [9.17, 15) is 13.6 Å². The number of rotatable bonds is 7. The van der Waals surface area contributed by atoms with Crippen LogP contribution in [-0.2, 0) is 4.79 Å². The number of amides is 1. The Balaban J connectivity index is 2.24. The van der Waals surface area contributed by atoms with Gasteiger partial charge in [-0.2, -0.15) is 0 Å². The minimum absolute atomic E-state index is 0.203. The van der Waals surface area contributed by atoms with Crippen molar-refractivity contribution in [2.75, 3.05) is 13.1 Å². The summed E-state index contributed by atoms with van der Waals surface area (Å²) in [4.78, 5) is 15.0. The molecule has 1 amide bonds. The van der Waals surface area contributed by atoms with Crippen LogP contribution >= 0.6 is 0 Å². The van der Waals surface area contributed by atoms with Crippen molar-refractivity contribution < 1.29 is 13.6 Å². The predicted octanol–water partition coefficient (Wildman–Crippen LogP) is 4.23. The Morgan fingerprint density at radius 2 is 1.72 bits per heavy atom. The lowest BCUT2D eigenvalue weighted by atomic mass is 10.0. The van der Waals surface area contributed by atoms with Gasteiger partial charge in [0.05, 0.1) is 6.04 Å². The SMILES string of the molecule is CCN(CC)C(C(=O)NC(C)c1ccc(F)cc1F)c1ccccc1. The van der Waals surface area contributed by atoms with Crippen molar-refractivity contribution in [3.8, 4) is 0 Å². The van der Waals surface area contributed by atoms with Gasteiger partial charge in [-0.15, -0.1) is 0 Å². The van der Waals surface area contributed by atoms with Crippen LogP contribution in [0.3, 0.4) is 0 Å². The van der Waals surface area contributed by atoms with E-state index in [1.807, 2.05) is 49.1 Å². The van der Waals surface area contributed by atoms with Crippen LogP contribution < -0.4 is 5.32 Å². The van der Waals surface area contributed by atoms with Gasteiger partial charge >= 0.3 is 0 Å². The van der Waals surface area contributed by atoms with Gasteiger partial charge in [0.15, 0.2) is 0 Å². The molecule has 0 saturated carbocycles. The lowest BCUT2D eigenvalue weighted by Crippen LogP contribution is -2.41. The fraction of sp³-hybridized carbons (Fsp3) is 0.350. The van der Waals surface area contributed by atoms with Gasteiger partial charge in [0.25, 0.3) is 0 Å². The molecule has 0 saturated heterocycles. The number of halogens is 2. The first kappa shape index (κ1) is 19.1. The van der Waals surface area contributed by atoms with E-state index in [1.165, 1.54) is 12.1 Å². The molecule has 3 nitrogen and oxygen atoms in total. The summed E-state index contributed by atoms with van der Waals surface area (Å²) in [6.07, 6.45) is 0. The molecule has 2 rings (SSSR count). The third-order valence-electron chi connectivity index (χ3n) is 4.33. The number of carbonyl (C=O) groups excluding carboxylic acids is 1. The molecule has 0 fully saturated rings. The standard InChI is InChI=1S/C20H24F2N2O/c1-4-24(5-2)19(15-9-7-6-8-10-15)20(25)23-14(3)17-12-11-16(21)13-18(17)22/h6-14,19H,4-5H2,1-3H3,(H,23,25). The second kappa shape index (κ2) is 8.72. The molecule has 25 heavy (non-hydrogen) atoms. The molecule has 0 radical (unpaired) electrons. The minimum atomic E-state index is -0.660. The average molecular weight is 346 g/mol. The van der Waals surface area contributed by atoms with Crippen molar-refractivity contribution in [1.29, 1.82) is 0 Å². The normalized spacial score (nSPS) is 13.5. The van der Waals surface area contributed by atoms with E-state index >= 15 is 0 Å². The molecule has 0 heterocycles. The smallest absolute Gasteiger partial charge is 0.242 e. The zero-order valence-corrected chi connectivity index (χ0v) is 14.8. The maximum Gasteiger partial charge on any atom is 0.242 e. The van der Waals surface area contributed by atoms with Crippen molar-refractivity contribution in [3.05, 3.63) is 71.3 Å². The highest BCUT2D eigenvalue weighted by Gasteiger charge is 2.27. The summed E-state index contributed by atoms with van der Waals surface area (Å²) in [6, 6.07) is 11.9. The van der Waals surface area contributed by atoms with Crippen LogP contribution in [0.15, 0.2) is 48.5 Å². The second-order valence-electron chi connectivity index (χ2n) is 5.93. The average Bonchev–Trinajstić information content (AvgIpc) is 2.59. The van der Waals surface area contributed by atoms with Gasteiger partial charge in [-0.25, -0.2) is 8.78 Å². The van der Waals surface area contributed by atoms with E-state index in [0.717, 1.165) is 11.6 Å². The number of carbonyl (C=O) groups is 1. The fourth-order valence-corrected chi connectivity index (χ4v) is 2.97. The van der Waals surface area contributed by atoms with Crippen molar-refractivity contribution in [2.24, 2.45) is 0 Å². The van der Waals surface area contributed by atoms with Gasteiger partial charge in [-0.1, -0.05) is 50.2 Å². The number of nitrogens with one attached hydrogen (secondary N) is 1. The molecule has 1 N–H and O–H groups in total. The maximum atomic E-state index is 14.0. The Morgan fingerprint density at radius 3 is 2.28 bits per heavy atom. The van der Waals surface area contributed by atoms with Crippen LogP contribution in [0.5, 0.6) is 0 Å². The second-order valence-corrected chi connectivity index (χ2v) is 5.93. The Morgan fingerprint density at radius 1 is 1.08 bits per heavy atom. The van der Waals surface area contributed by atoms with Gasteiger partial charge in [0.2, 0.25) is 5.91 Å². The number of likely N-dealkylation sites (N-methyl/N-ethyl adjacent to an activating group) is 1. The molecule has 0 bridgehead atoms. The van der Waals surface area contributed by atoms with E-state index in [0.29, 0.717) is 13.1 Å². The van der Waals surface area contributed by atoms with Gasteiger partial charge in [-0.05, 0) is 31.6 Å². The number of benzene rings is 2. The van der Waals surface area contributed by atoms with E-state index in [1.54, 1.807) is 6.92 Å². The Kier molecular flexibility index (Phi) is 6.65. The van der Waals surface area contributed by atoms with Gasteiger partial charge in [-0.3, -0.25) is 9.69 Å². The summed E-state index contributed by atoms with van der Waals surface area (Å²) in [5.74, 6) is -1.50. The summed E-state index contributed by atoms with van der Waals surface area (Å²) in [6.45, 7) is 7.11. The largest absolute Gasteiger partial charge is 0.348 e. The molecule has 134 valence electrons. The summed E-state index contributed by atoms with van der Waals surface area (Å²) in [7, 11) is 0. The lowest BCUT2D eigenvalue weighted by Gasteiger charge is -2.30. The molecular formula is C20H24F2N2O. The van der Waals surface area contributed by atoms with Gasteiger partial charge < -0.3 is 5.32 Å². The number of hydrogen-bond donors (Lipinski definition) is 1. The quantitative estimate of drug-likeness (QED) is 0.814. The monoisotopic (exact) mass is 346 g/mol. The highest BCUT2D eigenvalue weighted by Crippen LogP contribution is 2.23. The summed E-state index contributed by atoms with van der Waals surface area (Å²) >= 11 is 0. The first-order chi connectivity index (χ1) is 12.0. The van der Waals surface area contributed by atoms with Crippen molar-refractivity contribution in [1.82, 2.24) is 10.2 Å². The predicted molar refractivity (Wildman–Crippen MR) is 95.0 cm³/mol. The van der Waals surface area contributed by atoms with E-state index < -0.39 is 23.7 Å². The van der Waals surface area contributed by atoms with Crippen LogP contribution in [0.2, 0.25) is 0 Å².